The van der Waals surface area contributed by atoms with Crippen molar-refractivity contribution in [1.82, 2.24) is 10.2 Å². The van der Waals surface area contributed by atoms with Gasteiger partial charge in [0.25, 0.3) is 0 Å². The molecular weight excluding hydrogens is 304 g/mol. The molecule has 3 rings (SSSR count). The average molecular weight is 332 g/mol. The molecule has 0 radical (unpaired) electrons. The van der Waals surface area contributed by atoms with Gasteiger partial charge in [-0.25, -0.2) is 0 Å². The molecule has 1 aromatic rings. The van der Waals surface area contributed by atoms with Crippen LogP contribution in [0.1, 0.15) is 37.7 Å². The van der Waals surface area contributed by atoms with Crippen LogP contribution in [0.3, 0.4) is 0 Å². The molecular formula is C19H28N2O3. The molecule has 1 aliphatic carbocycles. The zero-order valence-corrected chi connectivity index (χ0v) is 14.7. The maximum absolute atomic E-state index is 12.8. The Bertz CT molecular complexity index is 566. The second-order valence-corrected chi connectivity index (χ2v) is 6.83. The summed E-state index contributed by atoms with van der Waals surface area (Å²) < 4.78 is 10.8. The molecule has 1 saturated heterocycles. The van der Waals surface area contributed by atoms with E-state index in [-0.39, 0.29) is 5.91 Å². The van der Waals surface area contributed by atoms with Crippen LogP contribution in [-0.4, -0.2) is 44.2 Å². The predicted molar refractivity (Wildman–Crippen MR) is 93.3 cm³/mol. The van der Waals surface area contributed by atoms with Crippen molar-refractivity contribution < 1.29 is 14.3 Å². The largest absolute Gasteiger partial charge is 0.497 e. The highest BCUT2D eigenvalue weighted by molar-refractivity contribution is 5.77. The predicted octanol–water partition coefficient (Wildman–Crippen LogP) is 2.58. The van der Waals surface area contributed by atoms with E-state index >= 15 is 0 Å². The van der Waals surface area contributed by atoms with Gasteiger partial charge in [-0.05, 0) is 62.9 Å². The Labute approximate surface area is 144 Å². The lowest BCUT2D eigenvalue weighted by molar-refractivity contribution is -0.132. The first-order valence-electron chi connectivity index (χ1n) is 8.92. The molecule has 2 fully saturated rings. The molecule has 1 amide bonds. The molecule has 132 valence electrons. The topological polar surface area (TPSA) is 50.8 Å². The molecule has 1 atom stereocenters. The lowest BCUT2D eigenvalue weighted by Crippen LogP contribution is -2.33. The van der Waals surface area contributed by atoms with Gasteiger partial charge in [0.1, 0.15) is 11.5 Å². The van der Waals surface area contributed by atoms with Gasteiger partial charge >= 0.3 is 0 Å². The van der Waals surface area contributed by atoms with E-state index in [1.165, 1.54) is 6.42 Å². The Balaban J connectivity index is 1.66. The molecule has 24 heavy (non-hydrogen) atoms. The van der Waals surface area contributed by atoms with E-state index in [1.54, 1.807) is 14.2 Å². The summed E-state index contributed by atoms with van der Waals surface area (Å²) in [5.41, 5.74) is 1.01. The Morgan fingerprint density at radius 1 is 1.25 bits per heavy atom. The van der Waals surface area contributed by atoms with Crippen LogP contribution in [-0.2, 0) is 11.3 Å². The number of amides is 1. The number of carbonyl (C=O) groups excluding carboxylic acids is 1. The summed E-state index contributed by atoms with van der Waals surface area (Å²) in [5.74, 6) is 2.54. The minimum Gasteiger partial charge on any atom is -0.497 e. The van der Waals surface area contributed by atoms with E-state index in [2.05, 4.69) is 5.32 Å². The van der Waals surface area contributed by atoms with Crippen LogP contribution in [0, 0.1) is 5.92 Å². The Morgan fingerprint density at radius 3 is 2.71 bits per heavy atom. The number of hydrogen-bond donors (Lipinski definition) is 1. The van der Waals surface area contributed by atoms with Crippen molar-refractivity contribution in [2.24, 2.45) is 5.92 Å². The summed E-state index contributed by atoms with van der Waals surface area (Å²) in [6.07, 6.45) is 5.06. The van der Waals surface area contributed by atoms with Gasteiger partial charge in [-0.3, -0.25) is 4.79 Å². The lowest BCUT2D eigenvalue weighted by Gasteiger charge is -2.24. The fourth-order valence-electron chi connectivity index (χ4n) is 3.43. The highest BCUT2D eigenvalue weighted by Crippen LogP contribution is 2.33. The van der Waals surface area contributed by atoms with Crippen molar-refractivity contribution in [2.75, 3.05) is 27.3 Å². The van der Waals surface area contributed by atoms with Crippen molar-refractivity contribution in [3.8, 4) is 11.5 Å². The van der Waals surface area contributed by atoms with E-state index in [0.29, 0.717) is 24.9 Å². The SMILES string of the molecule is COc1ccc(OC)c(CN(C(=O)CCC2CCNC2)C2CC2)c1. The Morgan fingerprint density at radius 2 is 2.08 bits per heavy atom. The van der Waals surface area contributed by atoms with Gasteiger partial charge in [-0.2, -0.15) is 0 Å². The highest BCUT2D eigenvalue weighted by atomic mass is 16.5. The number of carbonyl (C=O) groups is 1. The first-order valence-corrected chi connectivity index (χ1v) is 8.92. The molecule has 0 spiro atoms. The van der Waals surface area contributed by atoms with Crippen LogP contribution >= 0.6 is 0 Å². The van der Waals surface area contributed by atoms with Gasteiger partial charge in [0, 0.05) is 24.6 Å². The molecule has 1 aliphatic heterocycles. The van der Waals surface area contributed by atoms with E-state index in [0.717, 1.165) is 49.4 Å². The molecule has 1 heterocycles. The van der Waals surface area contributed by atoms with Gasteiger partial charge in [-0.1, -0.05) is 0 Å². The van der Waals surface area contributed by atoms with Crippen LogP contribution in [0.4, 0.5) is 0 Å². The van der Waals surface area contributed by atoms with Gasteiger partial charge < -0.3 is 19.7 Å². The quantitative estimate of drug-likeness (QED) is 0.795. The number of rotatable bonds is 8. The number of nitrogens with zero attached hydrogens (tertiary/aromatic N) is 1. The third-order valence-electron chi connectivity index (χ3n) is 5.07. The summed E-state index contributed by atoms with van der Waals surface area (Å²) >= 11 is 0. The van der Waals surface area contributed by atoms with Gasteiger partial charge in [0.2, 0.25) is 5.91 Å². The fraction of sp³-hybridized carbons (Fsp3) is 0.632. The highest BCUT2D eigenvalue weighted by Gasteiger charge is 2.33. The van der Waals surface area contributed by atoms with Crippen molar-refractivity contribution in [3.05, 3.63) is 23.8 Å². The number of methoxy groups -OCH3 is 2. The van der Waals surface area contributed by atoms with Crippen LogP contribution in [0.5, 0.6) is 11.5 Å². The molecule has 1 N–H and O–H groups in total. The third kappa shape index (κ3) is 4.20. The maximum Gasteiger partial charge on any atom is 0.223 e. The molecule has 5 heteroatoms. The zero-order chi connectivity index (χ0) is 16.9. The number of nitrogens with one attached hydrogen (secondary N) is 1. The summed E-state index contributed by atoms with van der Waals surface area (Å²) in [6.45, 7) is 2.75. The van der Waals surface area contributed by atoms with E-state index < -0.39 is 0 Å². The van der Waals surface area contributed by atoms with Crippen LogP contribution in [0.25, 0.3) is 0 Å². The zero-order valence-electron chi connectivity index (χ0n) is 14.7. The van der Waals surface area contributed by atoms with E-state index in [9.17, 15) is 4.79 Å². The second-order valence-electron chi connectivity index (χ2n) is 6.83. The fourth-order valence-corrected chi connectivity index (χ4v) is 3.43. The van der Waals surface area contributed by atoms with Gasteiger partial charge in [0.15, 0.2) is 0 Å². The number of benzene rings is 1. The minimum atomic E-state index is 0.272. The van der Waals surface area contributed by atoms with Crippen LogP contribution < -0.4 is 14.8 Å². The molecule has 5 nitrogen and oxygen atoms in total. The summed E-state index contributed by atoms with van der Waals surface area (Å²) in [6, 6.07) is 6.17. The van der Waals surface area contributed by atoms with Crippen molar-refractivity contribution in [2.45, 2.75) is 44.7 Å². The summed E-state index contributed by atoms with van der Waals surface area (Å²) in [5, 5.41) is 3.37. The van der Waals surface area contributed by atoms with Crippen molar-refractivity contribution in [3.63, 3.8) is 0 Å². The second kappa shape index (κ2) is 7.88. The first kappa shape index (κ1) is 17.1. The Hall–Kier alpha value is -1.75. The number of ether oxygens (including phenoxy) is 2. The number of hydrogen-bond acceptors (Lipinski definition) is 4. The lowest BCUT2D eigenvalue weighted by atomic mass is 10.0. The maximum atomic E-state index is 12.8. The van der Waals surface area contributed by atoms with Gasteiger partial charge in [0.05, 0.1) is 14.2 Å². The standard InChI is InChI=1S/C19H28N2O3/c1-23-17-6-7-18(24-2)15(11-17)13-21(16-4-5-16)19(22)8-3-14-9-10-20-12-14/h6-7,11,14,16,20H,3-5,8-10,12-13H2,1-2H3. The third-order valence-corrected chi connectivity index (χ3v) is 5.07. The molecule has 0 bridgehead atoms. The van der Waals surface area contributed by atoms with E-state index in [1.807, 2.05) is 23.1 Å². The minimum absolute atomic E-state index is 0.272. The summed E-state index contributed by atoms with van der Waals surface area (Å²) in [7, 11) is 3.33. The monoisotopic (exact) mass is 332 g/mol. The molecule has 1 saturated carbocycles. The molecule has 1 unspecified atom stereocenters. The van der Waals surface area contributed by atoms with Crippen LogP contribution in [0.2, 0.25) is 0 Å². The Kier molecular flexibility index (Phi) is 5.61. The first-order chi connectivity index (χ1) is 11.7. The van der Waals surface area contributed by atoms with Crippen molar-refractivity contribution in [1.29, 1.82) is 0 Å². The van der Waals surface area contributed by atoms with Crippen molar-refractivity contribution >= 4 is 5.91 Å². The normalized spacial score (nSPS) is 20.0. The molecule has 2 aliphatic rings. The van der Waals surface area contributed by atoms with Crippen LogP contribution in [0.15, 0.2) is 18.2 Å². The molecule has 0 aromatic heterocycles. The summed E-state index contributed by atoms with van der Waals surface area (Å²) in [4.78, 5) is 14.8. The van der Waals surface area contributed by atoms with E-state index in [4.69, 9.17) is 9.47 Å². The average Bonchev–Trinajstić information content (AvgIpc) is 3.32. The van der Waals surface area contributed by atoms with Gasteiger partial charge in [-0.15, -0.1) is 0 Å². The molecule has 1 aromatic carbocycles. The smallest absolute Gasteiger partial charge is 0.223 e.